The molecule has 6 atom stereocenters. The Morgan fingerprint density at radius 1 is 0.398 bits per heavy atom. The lowest BCUT2D eigenvalue weighted by atomic mass is 9.86. The highest BCUT2D eigenvalue weighted by molar-refractivity contribution is 5.95. The summed E-state index contributed by atoms with van der Waals surface area (Å²) in [4.78, 5) is 54.2. The molecule has 588 valence electrons. The Labute approximate surface area is 631 Å². The number of aliphatic hydroxyl groups is 1. The molecule has 0 saturated carbocycles. The Balaban J connectivity index is 0.000000174. The third-order valence-corrected chi connectivity index (χ3v) is 23.1. The Hall–Kier alpha value is -7.70. The second-order valence-corrected chi connectivity index (χ2v) is 30.0. The number of amides is 3. The maximum atomic E-state index is 13.1. The average molecular weight is 1510 g/mol. The first-order chi connectivity index (χ1) is 51.5. The standard InChI is InChI=1S/C31H42F3N3O3.2C27H33F3N2O2/c1-22-23(2)29(40-20-5-4-15-35(3)18-19-38)14-13-27(22)28-8-6-7-26-21-36(16-17-37(26)28)30(39)24-9-11-25(12-10-24)31(32,33)34;2*1-4-16-34-25-13-12-23(18(2)19(25)3)24-7-5-6-22-17-31(14-15-32(22)24)26(33)20-8-10-21(11-9-20)27(28,29)30/h9-14,26,28,38H,4-8,15-21H2,1-3H3;2*8-13,22,24H,4-7,14-17H2,1-3H3/t26-,28?;2*22-,24?/m000/s1. The summed E-state index contributed by atoms with van der Waals surface area (Å²) in [6, 6.07) is 28.1. The lowest BCUT2D eigenvalue weighted by Crippen LogP contribution is -2.57. The van der Waals surface area contributed by atoms with Crippen LogP contribution >= 0.6 is 0 Å². The van der Waals surface area contributed by atoms with Gasteiger partial charge in [-0.25, -0.2) is 0 Å². The van der Waals surface area contributed by atoms with E-state index in [1.54, 1.807) is 14.7 Å². The summed E-state index contributed by atoms with van der Waals surface area (Å²) in [5.41, 5.74) is 9.97. The van der Waals surface area contributed by atoms with Gasteiger partial charge in [0.25, 0.3) is 17.7 Å². The number of benzene rings is 6. The summed E-state index contributed by atoms with van der Waals surface area (Å²) in [5.74, 6) is 2.22. The molecule has 0 aliphatic carbocycles. The van der Waals surface area contributed by atoms with Gasteiger partial charge in [0.05, 0.1) is 43.1 Å². The van der Waals surface area contributed by atoms with Crippen molar-refractivity contribution < 1.29 is 73.2 Å². The summed E-state index contributed by atoms with van der Waals surface area (Å²) < 4.78 is 134. The van der Waals surface area contributed by atoms with Gasteiger partial charge < -0.3 is 38.9 Å². The molecule has 6 aromatic carbocycles. The minimum absolute atomic E-state index is 0.177. The van der Waals surface area contributed by atoms with Gasteiger partial charge in [-0.1, -0.05) is 32.0 Å². The van der Waals surface area contributed by atoms with Crippen LogP contribution in [0.4, 0.5) is 39.5 Å². The molecule has 108 heavy (non-hydrogen) atoms. The first kappa shape index (κ1) is 82.8. The Morgan fingerprint density at radius 3 is 0.972 bits per heavy atom. The van der Waals surface area contributed by atoms with Gasteiger partial charge in [0.2, 0.25) is 0 Å². The van der Waals surface area contributed by atoms with Crippen LogP contribution < -0.4 is 14.2 Å². The number of carbonyl (C=O) groups excluding carboxylic acids is 3. The predicted molar refractivity (Wildman–Crippen MR) is 402 cm³/mol. The van der Waals surface area contributed by atoms with E-state index in [-0.39, 0.29) is 48.5 Å². The smallest absolute Gasteiger partial charge is 0.416 e. The summed E-state index contributed by atoms with van der Waals surface area (Å²) in [6.07, 6.45) is 0.191. The monoisotopic (exact) mass is 1510 g/mol. The lowest BCUT2D eigenvalue weighted by Gasteiger charge is -2.49. The van der Waals surface area contributed by atoms with Crippen LogP contribution in [0.3, 0.4) is 0 Å². The number of aliphatic hydroxyl groups excluding tert-OH is 1. The maximum Gasteiger partial charge on any atom is 0.416 e. The van der Waals surface area contributed by atoms with E-state index in [1.165, 1.54) is 80.9 Å². The number of hydrogen-bond donors (Lipinski definition) is 1. The molecule has 12 rings (SSSR count). The topological polar surface area (TPSA) is 122 Å². The van der Waals surface area contributed by atoms with Gasteiger partial charge >= 0.3 is 18.5 Å². The number of hydrogen-bond acceptors (Lipinski definition) is 11. The van der Waals surface area contributed by atoms with Gasteiger partial charge in [-0.3, -0.25) is 29.1 Å². The summed E-state index contributed by atoms with van der Waals surface area (Å²) >= 11 is 0. The molecular formula is C85H108F9N7O7. The van der Waals surface area contributed by atoms with Crippen molar-refractivity contribution in [3.8, 4) is 17.2 Å². The number of ether oxygens (including phenoxy) is 3. The Kier molecular flexibility index (Phi) is 28.3. The van der Waals surface area contributed by atoms with E-state index < -0.39 is 35.2 Å². The molecule has 14 nitrogen and oxygen atoms in total. The SMILES string of the molecule is CCCOc1ccc(C2CCC[C@H]3CN(C(=O)c4ccc(C(F)(F)F)cc4)CCN23)c(C)c1C.CCCOc1ccc(C2CCC[C@H]3CN(C(=O)c4ccc(C(F)(F)F)cc4)CCN23)c(C)c1C.Cc1c(OCCCCN(C)CCO)ccc(C2CCC[C@H]3CN(C(=O)c4ccc(C(F)(F)F)cc4)CCN23)c1C. The number of piperidine rings is 3. The van der Waals surface area contributed by atoms with E-state index in [0.29, 0.717) is 94.4 Å². The van der Waals surface area contributed by atoms with Gasteiger partial charge in [0, 0.05) is 118 Å². The number of likely N-dealkylation sites (N-methyl/N-ethyl adjacent to an activating group) is 1. The third kappa shape index (κ3) is 20.1. The van der Waals surface area contributed by atoms with Crippen molar-refractivity contribution in [2.24, 2.45) is 0 Å². The van der Waals surface area contributed by atoms with E-state index in [0.717, 1.165) is 169 Å². The van der Waals surface area contributed by atoms with Crippen LogP contribution in [-0.4, -0.2) is 181 Å². The van der Waals surface area contributed by atoms with Crippen molar-refractivity contribution in [1.29, 1.82) is 0 Å². The van der Waals surface area contributed by atoms with E-state index in [9.17, 15) is 53.9 Å². The van der Waals surface area contributed by atoms with E-state index in [1.807, 2.05) is 7.05 Å². The van der Waals surface area contributed by atoms with Crippen LogP contribution in [0.5, 0.6) is 17.2 Å². The van der Waals surface area contributed by atoms with Crippen molar-refractivity contribution >= 4 is 17.7 Å². The minimum Gasteiger partial charge on any atom is -0.493 e. The second-order valence-electron chi connectivity index (χ2n) is 30.0. The van der Waals surface area contributed by atoms with Crippen LogP contribution in [-0.2, 0) is 18.5 Å². The van der Waals surface area contributed by atoms with E-state index in [4.69, 9.17) is 19.3 Å². The van der Waals surface area contributed by atoms with Crippen molar-refractivity contribution in [1.82, 2.24) is 34.3 Å². The molecule has 0 spiro atoms. The normalized spacial score (nSPS) is 20.8. The predicted octanol–water partition coefficient (Wildman–Crippen LogP) is 17.8. The van der Waals surface area contributed by atoms with Crippen LogP contribution in [0.15, 0.2) is 109 Å². The van der Waals surface area contributed by atoms with Crippen LogP contribution in [0.25, 0.3) is 0 Å². The third-order valence-electron chi connectivity index (χ3n) is 23.1. The molecule has 23 heteroatoms. The number of piperazine rings is 3. The maximum absolute atomic E-state index is 13.1. The van der Waals surface area contributed by atoms with Crippen molar-refractivity contribution in [2.75, 3.05) is 105 Å². The van der Waals surface area contributed by atoms with Gasteiger partial charge in [-0.15, -0.1) is 0 Å². The van der Waals surface area contributed by atoms with Crippen molar-refractivity contribution in [3.63, 3.8) is 0 Å². The van der Waals surface area contributed by atoms with E-state index >= 15 is 0 Å². The molecule has 3 unspecified atom stereocenters. The molecule has 6 aliphatic rings. The van der Waals surface area contributed by atoms with Crippen LogP contribution in [0, 0.1) is 41.5 Å². The Morgan fingerprint density at radius 2 is 0.694 bits per heavy atom. The molecule has 0 bridgehead atoms. The minimum atomic E-state index is -4.41. The number of rotatable bonds is 20. The van der Waals surface area contributed by atoms with Crippen molar-refractivity contribution in [3.05, 3.63) is 193 Å². The highest BCUT2D eigenvalue weighted by Gasteiger charge is 2.43. The van der Waals surface area contributed by atoms with Gasteiger partial charge in [-0.2, -0.15) is 39.5 Å². The number of nitrogens with zero attached hydrogens (tertiary/aromatic N) is 7. The molecule has 0 aromatic heterocycles. The summed E-state index contributed by atoms with van der Waals surface area (Å²) in [7, 11) is 2.01. The number of carbonyl (C=O) groups is 3. The molecule has 1 N–H and O–H groups in total. The first-order valence-corrected chi connectivity index (χ1v) is 38.7. The fourth-order valence-corrected chi connectivity index (χ4v) is 16.6. The highest BCUT2D eigenvalue weighted by Crippen LogP contribution is 2.44. The molecule has 6 aromatic rings. The zero-order valence-electron chi connectivity index (χ0n) is 64.1. The molecule has 6 saturated heterocycles. The van der Waals surface area contributed by atoms with Gasteiger partial charge in [0.15, 0.2) is 0 Å². The summed E-state index contributed by atoms with van der Waals surface area (Å²) in [6.45, 7) is 26.7. The largest absolute Gasteiger partial charge is 0.493 e. The van der Waals surface area contributed by atoms with Gasteiger partial charge in [0.1, 0.15) is 17.2 Å². The fraction of sp³-hybridized carbons (Fsp3) is 0.541. The summed E-state index contributed by atoms with van der Waals surface area (Å²) in [5, 5.41) is 9.02. The van der Waals surface area contributed by atoms with Gasteiger partial charge in [-0.05, 0) is 280 Å². The molecule has 0 radical (unpaired) electrons. The van der Waals surface area contributed by atoms with Crippen LogP contribution in [0.2, 0.25) is 0 Å². The second kappa shape index (κ2) is 36.9. The quantitative estimate of drug-likeness (QED) is 0.0581. The highest BCUT2D eigenvalue weighted by atomic mass is 19.4. The van der Waals surface area contributed by atoms with Crippen LogP contribution in [0.1, 0.15) is 213 Å². The molecule has 6 heterocycles. The first-order valence-electron chi connectivity index (χ1n) is 38.7. The fourth-order valence-electron chi connectivity index (χ4n) is 16.6. The zero-order chi connectivity index (χ0) is 77.8. The number of halogens is 9. The molecule has 3 amide bonds. The molecular weight excluding hydrogens is 1400 g/mol. The molecule has 6 aliphatic heterocycles. The lowest BCUT2D eigenvalue weighted by molar-refractivity contribution is -0.138. The number of fused-ring (bicyclic) bond motifs is 3. The number of unbranched alkanes of at least 4 members (excludes halogenated alkanes) is 1. The number of alkyl halides is 9. The van der Waals surface area contributed by atoms with Crippen molar-refractivity contribution in [2.45, 2.75) is 194 Å². The Bertz CT molecular complexity index is 3820. The average Bonchev–Trinajstić information content (AvgIpc) is 0.780. The molecule has 6 fully saturated rings. The van der Waals surface area contributed by atoms with E-state index in [2.05, 4.69) is 111 Å². The zero-order valence-corrected chi connectivity index (χ0v) is 64.1.